The van der Waals surface area contributed by atoms with Gasteiger partial charge in [0.2, 0.25) is 11.8 Å². The molecule has 0 saturated heterocycles. The van der Waals surface area contributed by atoms with Crippen LogP contribution in [0.3, 0.4) is 0 Å². The van der Waals surface area contributed by atoms with Crippen molar-refractivity contribution in [3.63, 3.8) is 0 Å². The Balaban J connectivity index is 3.53. The monoisotopic (exact) mass is 175 g/mol. The van der Waals surface area contributed by atoms with Gasteiger partial charge in [-0.1, -0.05) is 0 Å². The Morgan fingerprint density at radius 3 is 2.18 bits per heavy atom. The van der Waals surface area contributed by atoms with Crippen molar-refractivity contribution in [3.05, 3.63) is 0 Å². The quantitative estimate of drug-likeness (QED) is 0.460. The molecule has 5 nitrogen and oxygen atoms in total. The third-order valence-electron chi connectivity index (χ3n) is 0.861. The van der Waals surface area contributed by atoms with E-state index in [0.29, 0.717) is 0 Å². The summed E-state index contributed by atoms with van der Waals surface area (Å²) in [6, 6.07) is 0. The fourth-order valence-electron chi connectivity index (χ4n) is 0.437. The van der Waals surface area contributed by atoms with Gasteiger partial charge in [-0.05, 0) is 12.2 Å². The van der Waals surface area contributed by atoms with Crippen LogP contribution < -0.4 is 16.8 Å². The zero-order chi connectivity index (χ0) is 8.85. The highest BCUT2D eigenvalue weighted by Gasteiger charge is 2.03. The third kappa shape index (κ3) is 6.72. The molecule has 0 aromatic carbocycles. The molecule has 0 aliphatic heterocycles. The molecule has 0 heterocycles. The van der Waals surface area contributed by atoms with Gasteiger partial charge in [-0.2, -0.15) is 0 Å². The van der Waals surface area contributed by atoms with E-state index in [1.807, 2.05) is 0 Å². The van der Waals surface area contributed by atoms with E-state index in [1.54, 1.807) is 0 Å². The molecule has 0 aromatic rings. The number of nitrogens with one attached hydrogen (secondary N) is 1. The smallest absolute Gasteiger partial charge is 0.226 e. The molecule has 0 atom stereocenters. The van der Waals surface area contributed by atoms with Crippen molar-refractivity contribution < 1.29 is 9.59 Å². The fraction of sp³-hybridized carbons (Fsp3) is 0.400. The van der Waals surface area contributed by atoms with Crippen LogP contribution in [0.1, 0.15) is 12.8 Å². The van der Waals surface area contributed by atoms with Crippen molar-refractivity contribution in [1.29, 1.82) is 0 Å². The first-order valence-electron chi connectivity index (χ1n) is 2.90. The Kier molecular flexibility index (Phi) is 4.12. The molecule has 0 aromatic heterocycles. The zero-order valence-corrected chi connectivity index (χ0v) is 6.61. The van der Waals surface area contributed by atoms with Crippen LogP contribution in [-0.4, -0.2) is 16.9 Å². The molecule has 62 valence electrons. The van der Waals surface area contributed by atoms with Crippen LogP contribution in [0.5, 0.6) is 0 Å². The van der Waals surface area contributed by atoms with Crippen molar-refractivity contribution in [3.8, 4) is 0 Å². The van der Waals surface area contributed by atoms with Gasteiger partial charge in [-0.3, -0.25) is 9.59 Å². The summed E-state index contributed by atoms with van der Waals surface area (Å²) in [6.45, 7) is 0. The van der Waals surface area contributed by atoms with Crippen molar-refractivity contribution in [2.24, 2.45) is 11.5 Å². The minimum atomic E-state index is -0.525. The average Bonchev–Trinajstić information content (AvgIpc) is 1.82. The molecule has 0 bridgehead atoms. The lowest BCUT2D eigenvalue weighted by Crippen LogP contribution is -2.35. The van der Waals surface area contributed by atoms with Gasteiger partial charge >= 0.3 is 0 Å². The standard InChI is InChI=1S/C5H9N3O2S/c6-3(9)1-2-4(10)8-5(7)11/h1-2H2,(H2,6,9)(H3,7,8,10,11). The van der Waals surface area contributed by atoms with Gasteiger partial charge in [0.1, 0.15) is 0 Å². The van der Waals surface area contributed by atoms with Crippen molar-refractivity contribution >= 4 is 29.1 Å². The molecule has 2 amide bonds. The number of rotatable bonds is 3. The molecule has 0 aliphatic rings. The normalized spacial score (nSPS) is 8.73. The molecule has 6 heteroatoms. The number of carbonyl (C=O) groups is 2. The lowest BCUT2D eigenvalue weighted by Gasteiger charge is -1.99. The summed E-state index contributed by atoms with van der Waals surface area (Å²) in [5.41, 5.74) is 9.77. The summed E-state index contributed by atoms with van der Waals surface area (Å²) in [5, 5.41) is 2.06. The van der Waals surface area contributed by atoms with Gasteiger partial charge in [0.05, 0.1) is 0 Å². The summed E-state index contributed by atoms with van der Waals surface area (Å²) >= 11 is 4.38. The molecule has 0 saturated carbocycles. The molecule has 0 unspecified atom stereocenters. The van der Waals surface area contributed by atoms with Gasteiger partial charge in [0.25, 0.3) is 0 Å². The summed E-state index contributed by atoms with van der Waals surface area (Å²) in [6.07, 6.45) is 0.0289. The maximum atomic E-state index is 10.7. The average molecular weight is 175 g/mol. The molecule has 0 rings (SSSR count). The molecular weight excluding hydrogens is 166 g/mol. The van der Waals surface area contributed by atoms with Crippen LogP contribution >= 0.6 is 12.2 Å². The number of hydrogen-bond donors (Lipinski definition) is 3. The maximum absolute atomic E-state index is 10.7. The lowest BCUT2D eigenvalue weighted by molar-refractivity contribution is -0.124. The Labute approximate surface area is 69.1 Å². The molecule has 11 heavy (non-hydrogen) atoms. The molecular formula is C5H9N3O2S. The van der Waals surface area contributed by atoms with Crippen LogP contribution in [0.2, 0.25) is 0 Å². The topological polar surface area (TPSA) is 98.2 Å². The largest absolute Gasteiger partial charge is 0.376 e. The Morgan fingerprint density at radius 2 is 1.82 bits per heavy atom. The summed E-state index contributed by atoms with van der Waals surface area (Å²) < 4.78 is 0. The minimum absolute atomic E-state index is 0.00838. The predicted octanol–water partition coefficient (Wildman–Crippen LogP) is -1.39. The summed E-state index contributed by atoms with van der Waals surface area (Å²) in [5.74, 6) is -0.917. The van der Waals surface area contributed by atoms with E-state index < -0.39 is 11.8 Å². The first kappa shape index (κ1) is 9.83. The van der Waals surface area contributed by atoms with Crippen molar-refractivity contribution in [2.45, 2.75) is 12.8 Å². The van der Waals surface area contributed by atoms with Crippen LogP contribution in [0.25, 0.3) is 0 Å². The maximum Gasteiger partial charge on any atom is 0.226 e. The first-order chi connectivity index (χ1) is 5.02. The molecule has 0 aliphatic carbocycles. The van der Waals surface area contributed by atoms with Crippen LogP contribution in [-0.2, 0) is 9.59 Å². The number of primary amides is 1. The van der Waals surface area contributed by atoms with E-state index in [2.05, 4.69) is 17.5 Å². The zero-order valence-electron chi connectivity index (χ0n) is 5.79. The highest BCUT2D eigenvalue weighted by molar-refractivity contribution is 7.80. The van der Waals surface area contributed by atoms with E-state index in [1.165, 1.54) is 0 Å². The highest BCUT2D eigenvalue weighted by Crippen LogP contribution is 1.85. The number of thiocarbonyl (C=S) groups is 1. The Bertz CT molecular complexity index is 192. The van der Waals surface area contributed by atoms with E-state index in [0.717, 1.165) is 0 Å². The van der Waals surface area contributed by atoms with Gasteiger partial charge in [-0.25, -0.2) is 0 Å². The molecule has 5 N–H and O–H groups in total. The van der Waals surface area contributed by atoms with Gasteiger partial charge in [0.15, 0.2) is 5.11 Å². The SMILES string of the molecule is NC(=O)CCC(=O)NC(N)=S. The summed E-state index contributed by atoms with van der Waals surface area (Å²) in [4.78, 5) is 20.8. The second kappa shape index (κ2) is 4.62. The molecule has 0 fully saturated rings. The molecule has 0 radical (unpaired) electrons. The Morgan fingerprint density at radius 1 is 1.27 bits per heavy atom. The third-order valence-corrected chi connectivity index (χ3v) is 0.963. The second-order valence-electron chi connectivity index (χ2n) is 1.88. The molecule has 0 spiro atoms. The van der Waals surface area contributed by atoms with Crippen LogP contribution in [0.15, 0.2) is 0 Å². The predicted molar refractivity (Wildman–Crippen MR) is 43.4 cm³/mol. The van der Waals surface area contributed by atoms with Crippen LogP contribution in [0.4, 0.5) is 0 Å². The van der Waals surface area contributed by atoms with Crippen LogP contribution in [0, 0.1) is 0 Å². The van der Waals surface area contributed by atoms with Crippen molar-refractivity contribution in [2.75, 3.05) is 0 Å². The van der Waals surface area contributed by atoms with Gasteiger partial charge in [0, 0.05) is 12.8 Å². The Hall–Kier alpha value is -1.17. The summed E-state index contributed by atoms with van der Waals surface area (Å²) in [7, 11) is 0. The first-order valence-corrected chi connectivity index (χ1v) is 3.31. The number of amides is 2. The highest BCUT2D eigenvalue weighted by atomic mass is 32.1. The number of hydrogen-bond acceptors (Lipinski definition) is 3. The van der Waals surface area contributed by atoms with Crippen molar-refractivity contribution in [1.82, 2.24) is 5.32 Å². The fourth-order valence-corrected chi connectivity index (χ4v) is 0.550. The number of carbonyl (C=O) groups excluding carboxylic acids is 2. The van der Waals surface area contributed by atoms with E-state index in [-0.39, 0.29) is 18.0 Å². The minimum Gasteiger partial charge on any atom is -0.376 e. The van der Waals surface area contributed by atoms with E-state index >= 15 is 0 Å². The van der Waals surface area contributed by atoms with Gasteiger partial charge < -0.3 is 16.8 Å². The lowest BCUT2D eigenvalue weighted by atomic mass is 10.3. The van der Waals surface area contributed by atoms with E-state index in [9.17, 15) is 9.59 Å². The second-order valence-corrected chi connectivity index (χ2v) is 2.32. The number of nitrogens with two attached hydrogens (primary N) is 2. The van der Waals surface area contributed by atoms with Gasteiger partial charge in [-0.15, -0.1) is 0 Å². The van der Waals surface area contributed by atoms with E-state index in [4.69, 9.17) is 11.5 Å².